The molecule has 0 aliphatic heterocycles. The average molecular weight is 108 g/mol. The fourth-order valence-electron chi connectivity index (χ4n) is 1.84. The lowest BCUT2D eigenvalue weighted by Crippen LogP contribution is -1.90. The first-order valence-corrected chi connectivity index (χ1v) is 3.48. The van der Waals surface area contributed by atoms with Gasteiger partial charge in [-0.15, -0.1) is 0 Å². The summed E-state index contributed by atoms with van der Waals surface area (Å²) in [6, 6.07) is 0. The molecule has 0 bridgehead atoms. The number of fused-ring (bicyclic) bond motifs is 1. The monoisotopic (exact) mass is 108 g/mol. The molecule has 0 heteroatoms. The third-order valence-electron chi connectivity index (χ3n) is 2.68. The molecule has 2 atom stereocenters. The van der Waals surface area contributed by atoms with Crippen LogP contribution in [0.25, 0.3) is 0 Å². The van der Waals surface area contributed by atoms with E-state index in [1.54, 1.807) is 11.1 Å². The van der Waals surface area contributed by atoms with Crippen molar-refractivity contribution in [1.82, 2.24) is 0 Å². The lowest BCUT2D eigenvalue weighted by molar-refractivity contribution is 0.604. The van der Waals surface area contributed by atoms with Crippen LogP contribution in [-0.4, -0.2) is 0 Å². The van der Waals surface area contributed by atoms with Gasteiger partial charge in [-0.3, -0.25) is 0 Å². The van der Waals surface area contributed by atoms with Gasteiger partial charge in [0.25, 0.3) is 0 Å². The molecule has 0 N–H and O–H groups in total. The van der Waals surface area contributed by atoms with E-state index in [0.29, 0.717) is 0 Å². The van der Waals surface area contributed by atoms with Crippen molar-refractivity contribution in [2.45, 2.75) is 26.7 Å². The van der Waals surface area contributed by atoms with Crippen LogP contribution in [0.1, 0.15) is 26.7 Å². The van der Waals surface area contributed by atoms with Crippen molar-refractivity contribution in [2.75, 3.05) is 0 Å². The summed E-state index contributed by atoms with van der Waals surface area (Å²) >= 11 is 0. The Labute approximate surface area is 50.6 Å². The SMILES string of the molecule is CC1=C2CC2CC1C. The second kappa shape index (κ2) is 1.18. The Hall–Kier alpha value is -0.260. The minimum Gasteiger partial charge on any atom is -0.0710 e. The molecule has 1 saturated carbocycles. The topological polar surface area (TPSA) is 0 Å². The highest BCUT2D eigenvalue weighted by Crippen LogP contribution is 2.52. The van der Waals surface area contributed by atoms with Crippen LogP contribution >= 0.6 is 0 Å². The lowest BCUT2D eigenvalue weighted by atomic mass is 10.0. The van der Waals surface area contributed by atoms with Crippen LogP contribution in [-0.2, 0) is 0 Å². The number of hydrogen-bond acceptors (Lipinski definition) is 0. The van der Waals surface area contributed by atoms with Gasteiger partial charge in [0.15, 0.2) is 0 Å². The minimum absolute atomic E-state index is 0.920. The van der Waals surface area contributed by atoms with E-state index < -0.39 is 0 Å². The third-order valence-corrected chi connectivity index (χ3v) is 2.68. The maximum atomic E-state index is 2.34. The normalized spacial score (nSPS) is 42.8. The molecule has 0 nitrogen and oxygen atoms in total. The quantitative estimate of drug-likeness (QED) is 0.418. The Morgan fingerprint density at radius 1 is 1.50 bits per heavy atom. The van der Waals surface area contributed by atoms with E-state index >= 15 is 0 Å². The van der Waals surface area contributed by atoms with Gasteiger partial charge < -0.3 is 0 Å². The zero-order valence-corrected chi connectivity index (χ0v) is 5.57. The van der Waals surface area contributed by atoms with E-state index in [1.807, 2.05) is 0 Å². The molecule has 0 aromatic carbocycles. The standard InChI is InChI=1S/C8H12/c1-5-3-7-4-8(7)6(5)2/h5,7H,3-4H2,1-2H3. The summed E-state index contributed by atoms with van der Waals surface area (Å²) in [6.45, 7) is 4.64. The molecule has 44 valence electrons. The van der Waals surface area contributed by atoms with E-state index in [4.69, 9.17) is 0 Å². The molecular weight excluding hydrogens is 96.1 g/mol. The van der Waals surface area contributed by atoms with Gasteiger partial charge in [-0.2, -0.15) is 0 Å². The first-order valence-electron chi connectivity index (χ1n) is 3.48. The maximum absolute atomic E-state index is 2.34. The molecule has 0 radical (unpaired) electrons. The fourth-order valence-corrected chi connectivity index (χ4v) is 1.84. The molecule has 8 heavy (non-hydrogen) atoms. The molecule has 2 aliphatic carbocycles. The van der Waals surface area contributed by atoms with Gasteiger partial charge in [0, 0.05) is 0 Å². The van der Waals surface area contributed by atoms with E-state index in [0.717, 1.165) is 11.8 Å². The van der Waals surface area contributed by atoms with Gasteiger partial charge in [-0.1, -0.05) is 18.1 Å². The Kier molecular flexibility index (Phi) is 0.677. The molecule has 0 saturated heterocycles. The summed E-state index contributed by atoms with van der Waals surface area (Å²) in [4.78, 5) is 0. The second-order valence-corrected chi connectivity index (χ2v) is 3.25. The zero-order valence-electron chi connectivity index (χ0n) is 5.57. The summed E-state index contributed by atoms with van der Waals surface area (Å²) in [7, 11) is 0. The van der Waals surface area contributed by atoms with Gasteiger partial charge in [-0.25, -0.2) is 0 Å². The summed E-state index contributed by atoms with van der Waals surface area (Å²) in [5.74, 6) is 1.97. The first kappa shape index (κ1) is 4.60. The minimum atomic E-state index is 0.920. The van der Waals surface area contributed by atoms with Crippen molar-refractivity contribution >= 4 is 0 Å². The van der Waals surface area contributed by atoms with Crippen LogP contribution in [0.2, 0.25) is 0 Å². The molecule has 2 unspecified atom stereocenters. The largest absolute Gasteiger partial charge is 0.0710 e. The van der Waals surface area contributed by atoms with Gasteiger partial charge in [0.1, 0.15) is 0 Å². The molecule has 2 rings (SSSR count). The summed E-state index contributed by atoms with van der Waals surface area (Å²) in [6.07, 6.45) is 2.90. The highest BCUT2D eigenvalue weighted by Gasteiger charge is 2.39. The summed E-state index contributed by atoms with van der Waals surface area (Å²) < 4.78 is 0. The van der Waals surface area contributed by atoms with Crippen LogP contribution in [0.15, 0.2) is 11.1 Å². The van der Waals surface area contributed by atoms with Gasteiger partial charge in [-0.05, 0) is 31.6 Å². The molecule has 1 fully saturated rings. The Morgan fingerprint density at radius 2 is 2.25 bits per heavy atom. The Bertz CT molecular complexity index is 153. The van der Waals surface area contributed by atoms with Crippen LogP contribution in [0.3, 0.4) is 0 Å². The van der Waals surface area contributed by atoms with E-state index in [1.165, 1.54) is 12.8 Å². The van der Waals surface area contributed by atoms with Crippen molar-refractivity contribution in [3.05, 3.63) is 11.1 Å². The van der Waals surface area contributed by atoms with Crippen LogP contribution in [0, 0.1) is 11.8 Å². The molecule has 0 aromatic heterocycles. The molecule has 0 spiro atoms. The Morgan fingerprint density at radius 3 is 2.50 bits per heavy atom. The van der Waals surface area contributed by atoms with E-state index in [2.05, 4.69) is 13.8 Å². The lowest BCUT2D eigenvalue weighted by Gasteiger charge is -2.03. The molecule has 0 amide bonds. The van der Waals surface area contributed by atoms with Crippen molar-refractivity contribution in [2.24, 2.45) is 11.8 Å². The fraction of sp³-hybridized carbons (Fsp3) is 0.750. The third kappa shape index (κ3) is 0.410. The van der Waals surface area contributed by atoms with Gasteiger partial charge in [0.05, 0.1) is 0 Å². The van der Waals surface area contributed by atoms with Crippen LogP contribution in [0.5, 0.6) is 0 Å². The van der Waals surface area contributed by atoms with Crippen molar-refractivity contribution in [1.29, 1.82) is 0 Å². The Balaban J connectivity index is 2.32. The van der Waals surface area contributed by atoms with Crippen LogP contribution < -0.4 is 0 Å². The molecule has 2 aliphatic rings. The van der Waals surface area contributed by atoms with Crippen molar-refractivity contribution in [3.8, 4) is 0 Å². The molecule has 0 aromatic rings. The second-order valence-electron chi connectivity index (χ2n) is 3.25. The average Bonchev–Trinajstić information content (AvgIpc) is 2.39. The zero-order chi connectivity index (χ0) is 5.72. The maximum Gasteiger partial charge on any atom is -0.0157 e. The van der Waals surface area contributed by atoms with Gasteiger partial charge >= 0.3 is 0 Å². The van der Waals surface area contributed by atoms with Crippen molar-refractivity contribution < 1.29 is 0 Å². The number of hydrogen-bond donors (Lipinski definition) is 0. The number of allylic oxidation sites excluding steroid dienone is 2. The highest BCUT2D eigenvalue weighted by molar-refractivity contribution is 5.35. The first-order chi connectivity index (χ1) is 3.79. The van der Waals surface area contributed by atoms with Crippen LogP contribution in [0.4, 0.5) is 0 Å². The van der Waals surface area contributed by atoms with E-state index in [9.17, 15) is 0 Å². The number of rotatable bonds is 0. The summed E-state index contributed by atoms with van der Waals surface area (Å²) in [5.41, 5.74) is 3.49. The molecular formula is C8H12. The van der Waals surface area contributed by atoms with Crippen molar-refractivity contribution in [3.63, 3.8) is 0 Å². The predicted molar refractivity (Wildman–Crippen MR) is 34.6 cm³/mol. The van der Waals surface area contributed by atoms with Gasteiger partial charge in [0.2, 0.25) is 0 Å². The highest BCUT2D eigenvalue weighted by atomic mass is 14.4. The smallest absolute Gasteiger partial charge is 0.0157 e. The van der Waals surface area contributed by atoms with E-state index in [-0.39, 0.29) is 0 Å². The summed E-state index contributed by atoms with van der Waals surface area (Å²) in [5, 5.41) is 0. The molecule has 0 heterocycles. The predicted octanol–water partition coefficient (Wildman–Crippen LogP) is 2.36.